The second-order valence-corrected chi connectivity index (χ2v) is 4.28. The Bertz CT molecular complexity index is 428. The molecule has 1 aliphatic rings. The molecule has 1 atom stereocenters. The first kappa shape index (κ1) is 12.1. The molecule has 3 N–H and O–H groups in total. The second kappa shape index (κ2) is 4.85. The van der Waals surface area contributed by atoms with Crippen LogP contribution in [0.4, 0.5) is 0 Å². The number of aromatic carboxylic acids is 1. The van der Waals surface area contributed by atoms with Crippen molar-refractivity contribution in [3.8, 4) is 0 Å². The van der Waals surface area contributed by atoms with Crippen LogP contribution in [0.5, 0.6) is 0 Å². The van der Waals surface area contributed by atoms with Gasteiger partial charge in [-0.05, 0) is 6.42 Å². The molecule has 6 nitrogen and oxygen atoms in total. The summed E-state index contributed by atoms with van der Waals surface area (Å²) in [5.41, 5.74) is 6.77. The van der Waals surface area contributed by atoms with E-state index in [0.29, 0.717) is 19.4 Å². The molecule has 0 aromatic carbocycles. The van der Waals surface area contributed by atoms with Crippen molar-refractivity contribution < 1.29 is 14.6 Å². The fourth-order valence-corrected chi connectivity index (χ4v) is 2.21. The minimum absolute atomic E-state index is 0.0348. The lowest BCUT2D eigenvalue weighted by Crippen LogP contribution is -2.32. The SMILES string of the molecule is COCCc1nc(C(=O)O)c2n1CCC(N)C2. The number of carboxylic acid groups (broad SMARTS) is 1. The number of fused-ring (bicyclic) bond motifs is 1. The largest absolute Gasteiger partial charge is 0.476 e. The first-order valence-electron chi connectivity index (χ1n) is 5.69. The Balaban J connectivity index is 2.35. The Labute approximate surface area is 99.4 Å². The lowest BCUT2D eigenvalue weighted by Gasteiger charge is -2.22. The highest BCUT2D eigenvalue weighted by Gasteiger charge is 2.26. The van der Waals surface area contributed by atoms with E-state index in [1.54, 1.807) is 7.11 Å². The molecule has 0 amide bonds. The molecule has 2 rings (SSSR count). The molecule has 1 aliphatic heterocycles. The van der Waals surface area contributed by atoms with E-state index in [0.717, 1.165) is 24.5 Å². The van der Waals surface area contributed by atoms with E-state index in [4.69, 9.17) is 15.6 Å². The molecule has 6 heteroatoms. The molecule has 1 aromatic heterocycles. The van der Waals surface area contributed by atoms with Crippen LogP contribution in [0, 0.1) is 0 Å². The van der Waals surface area contributed by atoms with Crippen molar-refractivity contribution >= 4 is 5.97 Å². The van der Waals surface area contributed by atoms with Gasteiger partial charge in [0.15, 0.2) is 5.69 Å². The van der Waals surface area contributed by atoms with Gasteiger partial charge in [-0.3, -0.25) is 0 Å². The maximum absolute atomic E-state index is 11.1. The highest BCUT2D eigenvalue weighted by atomic mass is 16.5. The number of nitrogens with zero attached hydrogens (tertiary/aromatic N) is 2. The lowest BCUT2D eigenvalue weighted by molar-refractivity contribution is 0.0689. The maximum Gasteiger partial charge on any atom is 0.356 e. The predicted octanol–water partition coefficient (Wildman–Crippen LogP) is 0.0437. The highest BCUT2D eigenvalue weighted by Crippen LogP contribution is 2.21. The van der Waals surface area contributed by atoms with Crippen LogP contribution in [-0.4, -0.2) is 40.4 Å². The van der Waals surface area contributed by atoms with Crippen molar-refractivity contribution in [2.24, 2.45) is 5.73 Å². The number of hydrogen-bond donors (Lipinski definition) is 2. The average molecular weight is 239 g/mol. The topological polar surface area (TPSA) is 90.4 Å². The third-order valence-electron chi connectivity index (χ3n) is 3.06. The Hall–Kier alpha value is -1.40. The molecule has 0 spiro atoms. The molecule has 0 bridgehead atoms. The van der Waals surface area contributed by atoms with Gasteiger partial charge < -0.3 is 20.1 Å². The smallest absolute Gasteiger partial charge is 0.356 e. The number of methoxy groups -OCH3 is 1. The van der Waals surface area contributed by atoms with Crippen LogP contribution in [-0.2, 0) is 24.1 Å². The van der Waals surface area contributed by atoms with Crippen molar-refractivity contribution in [2.45, 2.75) is 31.8 Å². The predicted molar refractivity (Wildman–Crippen MR) is 61.1 cm³/mol. The van der Waals surface area contributed by atoms with Gasteiger partial charge in [0.2, 0.25) is 0 Å². The molecular formula is C11H17N3O3. The van der Waals surface area contributed by atoms with Gasteiger partial charge in [0.25, 0.3) is 0 Å². The van der Waals surface area contributed by atoms with Crippen LogP contribution >= 0.6 is 0 Å². The summed E-state index contributed by atoms with van der Waals surface area (Å²) >= 11 is 0. The number of hydrogen-bond acceptors (Lipinski definition) is 4. The molecule has 2 heterocycles. The first-order chi connectivity index (χ1) is 8.13. The molecule has 1 unspecified atom stereocenters. The van der Waals surface area contributed by atoms with Gasteiger partial charge in [0, 0.05) is 32.5 Å². The van der Waals surface area contributed by atoms with Crippen LogP contribution in [0.15, 0.2) is 0 Å². The third-order valence-corrected chi connectivity index (χ3v) is 3.06. The van der Waals surface area contributed by atoms with Crippen LogP contribution in [0.2, 0.25) is 0 Å². The molecule has 0 saturated heterocycles. The first-order valence-corrected chi connectivity index (χ1v) is 5.69. The zero-order chi connectivity index (χ0) is 12.4. The van der Waals surface area contributed by atoms with E-state index in [-0.39, 0.29) is 11.7 Å². The minimum atomic E-state index is -0.980. The van der Waals surface area contributed by atoms with Crippen molar-refractivity contribution in [3.63, 3.8) is 0 Å². The van der Waals surface area contributed by atoms with E-state index in [9.17, 15) is 4.79 Å². The molecule has 0 saturated carbocycles. The summed E-state index contributed by atoms with van der Waals surface area (Å²) in [6.07, 6.45) is 2.08. The van der Waals surface area contributed by atoms with E-state index in [1.165, 1.54) is 0 Å². The molecule has 0 radical (unpaired) electrons. The Kier molecular flexibility index (Phi) is 3.44. The maximum atomic E-state index is 11.1. The van der Waals surface area contributed by atoms with E-state index >= 15 is 0 Å². The fraction of sp³-hybridized carbons (Fsp3) is 0.636. The zero-order valence-corrected chi connectivity index (χ0v) is 9.85. The zero-order valence-electron chi connectivity index (χ0n) is 9.85. The number of rotatable bonds is 4. The average Bonchev–Trinajstić information content (AvgIpc) is 2.64. The second-order valence-electron chi connectivity index (χ2n) is 4.28. The van der Waals surface area contributed by atoms with Crippen molar-refractivity contribution in [2.75, 3.05) is 13.7 Å². The van der Waals surface area contributed by atoms with Crippen molar-refractivity contribution in [3.05, 3.63) is 17.2 Å². The summed E-state index contributed by atoms with van der Waals surface area (Å²) in [6.45, 7) is 1.29. The van der Waals surface area contributed by atoms with Gasteiger partial charge in [-0.25, -0.2) is 9.78 Å². The fourth-order valence-electron chi connectivity index (χ4n) is 2.21. The minimum Gasteiger partial charge on any atom is -0.476 e. The van der Waals surface area contributed by atoms with Crippen molar-refractivity contribution in [1.29, 1.82) is 0 Å². The number of imidazole rings is 1. The number of aromatic nitrogens is 2. The van der Waals surface area contributed by atoms with Crippen LogP contribution in [0.1, 0.15) is 28.4 Å². The summed E-state index contributed by atoms with van der Waals surface area (Å²) in [5.74, 6) is -0.197. The van der Waals surface area contributed by atoms with E-state index < -0.39 is 5.97 Å². The van der Waals surface area contributed by atoms with Crippen molar-refractivity contribution in [1.82, 2.24) is 9.55 Å². The molecule has 0 fully saturated rings. The third kappa shape index (κ3) is 2.32. The Morgan fingerprint density at radius 1 is 1.71 bits per heavy atom. The summed E-state index contributed by atoms with van der Waals surface area (Å²) in [6, 6.07) is 0.0348. The number of nitrogens with two attached hydrogens (primary N) is 1. The molecule has 94 valence electrons. The van der Waals surface area contributed by atoms with E-state index in [2.05, 4.69) is 4.98 Å². The van der Waals surface area contributed by atoms with Gasteiger partial charge in [0.05, 0.1) is 12.3 Å². The summed E-state index contributed by atoms with van der Waals surface area (Å²) in [5, 5.41) is 9.12. The molecular weight excluding hydrogens is 222 g/mol. The summed E-state index contributed by atoms with van der Waals surface area (Å²) < 4.78 is 6.98. The standard InChI is InChI=1S/C11H17N3O3/c1-17-5-3-9-13-10(11(15)16)8-6-7(12)2-4-14(8)9/h7H,2-6,12H2,1H3,(H,15,16). The van der Waals surface area contributed by atoms with Gasteiger partial charge >= 0.3 is 5.97 Å². The van der Waals surface area contributed by atoms with Crippen LogP contribution in [0.25, 0.3) is 0 Å². The summed E-state index contributed by atoms with van der Waals surface area (Å²) in [7, 11) is 1.62. The Morgan fingerprint density at radius 3 is 3.12 bits per heavy atom. The number of ether oxygens (including phenoxy) is 1. The van der Waals surface area contributed by atoms with Crippen LogP contribution < -0.4 is 5.73 Å². The van der Waals surface area contributed by atoms with Gasteiger partial charge in [-0.15, -0.1) is 0 Å². The normalized spacial score (nSPS) is 19.1. The molecule has 1 aromatic rings. The number of carbonyl (C=O) groups is 1. The van der Waals surface area contributed by atoms with Gasteiger partial charge in [0.1, 0.15) is 5.82 Å². The molecule has 17 heavy (non-hydrogen) atoms. The van der Waals surface area contributed by atoms with Gasteiger partial charge in [-0.2, -0.15) is 0 Å². The number of carboxylic acids is 1. The quantitative estimate of drug-likeness (QED) is 0.774. The highest BCUT2D eigenvalue weighted by molar-refractivity contribution is 5.87. The lowest BCUT2D eigenvalue weighted by atomic mass is 10.0. The monoisotopic (exact) mass is 239 g/mol. The summed E-state index contributed by atoms with van der Waals surface area (Å²) in [4.78, 5) is 15.3. The Morgan fingerprint density at radius 2 is 2.47 bits per heavy atom. The van der Waals surface area contributed by atoms with E-state index in [1.807, 2.05) is 4.57 Å². The van der Waals surface area contributed by atoms with Crippen LogP contribution in [0.3, 0.4) is 0 Å². The molecule has 0 aliphatic carbocycles. The van der Waals surface area contributed by atoms with Gasteiger partial charge in [-0.1, -0.05) is 0 Å².